The summed E-state index contributed by atoms with van der Waals surface area (Å²) in [5.74, 6) is -1.26. The van der Waals surface area contributed by atoms with E-state index < -0.39 is 22.8 Å². The van der Waals surface area contributed by atoms with Crippen molar-refractivity contribution >= 4 is 28.3 Å². The number of nitrogens with zero attached hydrogens (tertiary/aromatic N) is 1. The van der Waals surface area contributed by atoms with Gasteiger partial charge < -0.3 is 14.5 Å². The summed E-state index contributed by atoms with van der Waals surface area (Å²) in [6.45, 7) is 0. The highest BCUT2D eigenvalue weighted by atomic mass is 16.6. The van der Waals surface area contributed by atoms with Crippen LogP contribution in [-0.2, 0) is 4.74 Å². The van der Waals surface area contributed by atoms with Gasteiger partial charge in [-0.2, -0.15) is 0 Å². The molecule has 4 aromatic rings. The van der Waals surface area contributed by atoms with Crippen molar-refractivity contribution in [3.63, 3.8) is 0 Å². The topological polar surface area (TPSA) is 112 Å². The zero-order valence-corrected chi connectivity index (χ0v) is 17.0. The maximum Gasteiger partial charge on any atom is 0.339 e. The van der Waals surface area contributed by atoms with E-state index in [1.54, 1.807) is 42.6 Å². The van der Waals surface area contributed by atoms with Crippen molar-refractivity contribution in [1.29, 1.82) is 0 Å². The number of nitro benzene ring substituents is 1. The first kappa shape index (κ1) is 20.8. The second kappa shape index (κ2) is 8.73. The lowest BCUT2D eigenvalue weighted by Crippen LogP contribution is -2.20. The summed E-state index contributed by atoms with van der Waals surface area (Å²) >= 11 is 0. The van der Waals surface area contributed by atoms with Crippen LogP contribution in [0.2, 0.25) is 0 Å². The minimum Gasteiger partial charge on any atom is -0.490 e. The van der Waals surface area contributed by atoms with Crippen LogP contribution >= 0.6 is 0 Å². The van der Waals surface area contributed by atoms with Crippen LogP contribution in [0.3, 0.4) is 0 Å². The van der Waals surface area contributed by atoms with Crippen LogP contribution in [0.15, 0.2) is 79.0 Å². The van der Waals surface area contributed by atoms with Gasteiger partial charge in [0.25, 0.3) is 0 Å². The summed E-state index contributed by atoms with van der Waals surface area (Å²) in [5.41, 5.74) is 1.20. The van der Waals surface area contributed by atoms with E-state index in [0.717, 1.165) is 11.6 Å². The number of carbonyl (C=O) groups excluding carboxylic acids is 2. The molecule has 32 heavy (non-hydrogen) atoms. The van der Waals surface area contributed by atoms with Crippen LogP contribution in [0, 0.1) is 10.1 Å². The Morgan fingerprint density at radius 2 is 1.72 bits per heavy atom. The van der Waals surface area contributed by atoms with Crippen LogP contribution in [0.25, 0.3) is 10.9 Å². The molecule has 4 rings (SSSR count). The van der Waals surface area contributed by atoms with Crippen LogP contribution in [-0.4, -0.2) is 28.8 Å². The number of ether oxygens (including phenoxy) is 2. The second-order valence-corrected chi connectivity index (χ2v) is 6.95. The zero-order valence-electron chi connectivity index (χ0n) is 17.0. The van der Waals surface area contributed by atoms with Gasteiger partial charge >= 0.3 is 11.7 Å². The molecule has 160 valence electrons. The Morgan fingerprint density at radius 3 is 2.44 bits per heavy atom. The number of carbonyl (C=O) groups is 2. The van der Waals surface area contributed by atoms with Crippen LogP contribution in [0.1, 0.15) is 32.4 Å². The summed E-state index contributed by atoms with van der Waals surface area (Å²) in [5, 5.41) is 12.0. The maximum absolute atomic E-state index is 13.4. The van der Waals surface area contributed by atoms with Crippen molar-refractivity contribution in [3.8, 4) is 5.75 Å². The molecule has 0 aliphatic heterocycles. The Kier molecular flexibility index (Phi) is 5.67. The molecular formula is C24H18N2O6. The van der Waals surface area contributed by atoms with Crippen molar-refractivity contribution in [2.75, 3.05) is 7.11 Å². The minimum atomic E-state index is -1.23. The average Bonchev–Trinajstić information content (AvgIpc) is 3.26. The van der Waals surface area contributed by atoms with Gasteiger partial charge in [0.1, 0.15) is 0 Å². The number of nitro groups is 1. The van der Waals surface area contributed by atoms with Gasteiger partial charge in [0.2, 0.25) is 5.78 Å². The van der Waals surface area contributed by atoms with Gasteiger partial charge in [-0.15, -0.1) is 0 Å². The lowest BCUT2D eigenvalue weighted by molar-refractivity contribution is -0.385. The molecule has 0 aliphatic carbocycles. The first-order valence-corrected chi connectivity index (χ1v) is 9.68. The third-order valence-electron chi connectivity index (χ3n) is 5.03. The molecule has 0 saturated heterocycles. The lowest BCUT2D eigenvalue weighted by Gasteiger charge is -2.17. The molecule has 8 heteroatoms. The van der Waals surface area contributed by atoms with Gasteiger partial charge in [0.15, 0.2) is 11.9 Å². The highest BCUT2D eigenvalue weighted by Gasteiger charge is 2.29. The van der Waals surface area contributed by atoms with Gasteiger partial charge in [0.05, 0.1) is 17.6 Å². The van der Waals surface area contributed by atoms with E-state index in [2.05, 4.69) is 4.98 Å². The molecule has 0 saturated carbocycles. The predicted octanol–water partition coefficient (Wildman–Crippen LogP) is 4.87. The highest BCUT2D eigenvalue weighted by molar-refractivity contribution is 6.11. The van der Waals surface area contributed by atoms with Crippen LogP contribution < -0.4 is 4.74 Å². The van der Waals surface area contributed by atoms with Gasteiger partial charge in [-0.3, -0.25) is 14.9 Å². The molecule has 1 heterocycles. The number of aromatic amines is 1. The van der Waals surface area contributed by atoms with Crippen molar-refractivity contribution in [3.05, 3.63) is 106 Å². The van der Waals surface area contributed by atoms with E-state index >= 15 is 0 Å². The van der Waals surface area contributed by atoms with E-state index in [-0.39, 0.29) is 17.0 Å². The number of Topliss-reactive ketones (excluding diaryl/α,β-unsaturated/α-hetero) is 1. The smallest absolute Gasteiger partial charge is 0.339 e. The second-order valence-electron chi connectivity index (χ2n) is 6.95. The SMILES string of the molecule is COc1ccc(C(=O)O[C@@H](C(=O)c2c[nH]c3ccccc23)c2ccccc2)cc1[N+](=O)[O-]. The third kappa shape index (κ3) is 3.93. The molecule has 1 aromatic heterocycles. The normalized spacial score (nSPS) is 11.7. The molecule has 8 nitrogen and oxygen atoms in total. The Morgan fingerprint density at radius 1 is 1.00 bits per heavy atom. The Hall–Kier alpha value is -4.46. The highest BCUT2D eigenvalue weighted by Crippen LogP contribution is 2.31. The number of ketones is 1. The quantitative estimate of drug-likeness (QED) is 0.194. The summed E-state index contributed by atoms with van der Waals surface area (Å²) in [7, 11) is 1.30. The Bertz CT molecular complexity index is 1310. The van der Waals surface area contributed by atoms with Gasteiger partial charge in [-0.1, -0.05) is 48.5 Å². The molecule has 0 spiro atoms. The molecule has 1 N–H and O–H groups in total. The number of esters is 1. The van der Waals surface area contributed by atoms with E-state index in [1.165, 1.54) is 19.2 Å². The number of para-hydroxylation sites is 1. The van der Waals surface area contributed by atoms with E-state index in [0.29, 0.717) is 16.5 Å². The average molecular weight is 430 g/mol. The number of rotatable bonds is 7. The number of nitrogens with one attached hydrogen (secondary N) is 1. The molecule has 0 amide bonds. The fourth-order valence-corrected chi connectivity index (χ4v) is 3.45. The molecule has 0 bridgehead atoms. The molecule has 0 unspecified atom stereocenters. The Labute approximate surface area is 182 Å². The van der Waals surface area contributed by atoms with Crippen LogP contribution in [0.4, 0.5) is 5.69 Å². The number of hydrogen-bond donors (Lipinski definition) is 1. The number of fused-ring (bicyclic) bond motifs is 1. The fraction of sp³-hybridized carbons (Fsp3) is 0.0833. The summed E-state index contributed by atoms with van der Waals surface area (Å²) in [6.07, 6.45) is 0.346. The number of H-pyrrole nitrogens is 1. The molecule has 0 fully saturated rings. The van der Waals surface area contributed by atoms with E-state index in [4.69, 9.17) is 9.47 Å². The van der Waals surface area contributed by atoms with E-state index in [1.807, 2.05) is 18.2 Å². The summed E-state index contributed by atoms with van der Waals surface area (Å²) < 4.78 is 10.6. The molecular weight excluding hydrogens is 412 g/mol. The standard InChI is InChI=1S/C24H18N2O6/c1-31-21-12-11-16(13-20(21)26(29)30)24(28)32-23(15-7-3-2-4-8-15)22(27)18-14-25-19-10-6-5-9-17(18)19/h2-14,23,25H,1H3/t23-/m1/s1. The third-order valence-corrected chi connectivity index (χ3v) is 5.03. The van der Waals surface area contributed by atoms with Crippen molar-refractivity contribution < 1.29 is 24.0 Å². The fourth-order valence-electron chi connectivity index (χ4n) is 3.45. The number of aromatic nitrogens is 1. The number of benzene rings is 3. The summed E-state index contributed by atoms with van der Waals surface area (Å²) in [4.78, 5) is 40.0. The first-order valence-electron chi connectivity index (χ1n) is 9.68. The van der Waals surface area contributed by atoms with Gasteiger partial charge in [0, 0.05) is 34.3 Å². The predicted molar refractivity (Wildman–Crippen MR) is 117 cm³/mol. The monoisotopic (exact) mass is 430 g/mol. The van der Waals surface area contributed by atoms with E-state index in [9.17, 15) is 19.7 Å². The van der Waals surface area contributed by atoms with Gasteiger partial charge in [-0.25, -0.2) is 4.79 Å². The maximum atomic E-state index is 13.4. The van der Waals surface area contributed by atoms with Crippen molar-refractivity contribution in [2.45, 2.75) is 6.10 Å². The molecule has 0 aliphatic rings. The molecule has 1 atom stereocenters. The van der Waals surface area contributed by atoms with Crippen LogP contribution in [0.5, 0.6) is 5.75 Å². The first-order chi connectivity index (χ1) is 15.5. The number of methoxy groups -OCH3 is 1. The zero-order chi connectivity index (χ0) is 22.7. The molecule has 0 radical (unpaired) electrons. The lowest BCUT2D eigenvalue weighted by atomic mass is 9.99. The van der Waals surface area contributed by atoms with Gasteiger partial charge in [-0.05, 0) is 18.2 Å². The Balaban J connectivity index is 1.71. The molecule has 3 aromatic carbocycles. The number of hydrogen-bond acceptors (Lipinski definition) is 6. The van der Waals surface area contributed by atoms with Crippen molar-refractivity contribution in [2.24, 2.45) is 0 Å². The summed E-state index contributed by atoms with van der Waals surface area (Å²) in [6, 6.07) is 19.6. The largest absolute Gasteiger partial charge is 0.490 e. The van der Waals surface area contributed by atoms with Crippen molar-refractivity contribution in [1.82, 2.24) is 4.98 Å². The minimum absolute atomic E-state index is 0.0148.